The van der Waals surface area contributed by atoms with Gasteiger partial charge in [-0.2, -0.15) is 0 Å². The van der Waals surface area contributed by atoms with E-state index in [2.05, 4.69) is 31.2 Å². The van der Waals surface area contributed by atoms with Crippen LogP contribution in [0.25, 0.3) is 0 Å². The molecule has 1 amide bonds. The molecule has 0 aromatic heterocycles. The highest BCUT2D eigenvalue weighted by Crippen LogP contribution is 2.33. The van der Waals surface area contributed by atoms with Crippen molar-refractivity contribution < 1.29 is 9.53 Å². The Bertz CT molecular complexity index is 721. The summed E-state index contributed by atoms with van der Waals surface area (Å²) in [6, 6.07) is 14.0. The van der Waals surface area contributed by atoms with Gasteiger partial charge >= 0.3 is 6.09 Å². The summed E-state index contributed by atoms with van der Waals surface area (Å²) >= 11 is 1.63. The first-order valence-electron chi connectivity index (χ1n) is 7.76. The summed E-state index contributed by atoms with van der Waals surface area (Å²) in [6.45, 7) is 7.58. The quantitative estimate of drug-likeness (QED) is 0.787. The van der Waals surface area contributed by atoms with Gasteiger partial charge in [0.05, 0.1) is 11.4 Å². The van der Waals surface area contributed by atoms with Crippen molar-refractivity contribution in [1.82, 2.24) is 0 Å². The fourth-order valence-corrected chi connectivity index (χ4v) is 2.90. The molecule has 0 bridgehead atoms. The molecule has 0 saturated heterocycles. The van der Waals surface area contributed by atoms with Crippen LogP contribution < -0.4 is 10.6 Å². The highest BCUT2D eigenvalue weighted by molar-refractivity contribution is 7.99. The fraction of sp³-hybridized carbons (Fsp3) is 0.316. The van der Waals surface area contributed by atoms with Gasteiger partial charge in [0, 0.05) is 16.8 Å². The molecule has 128 valence electrons. The number of hydrogen-bond acceptors (Lipinski definition) is 4. The number of carbonyl (C=O) groups excluding carboxylic acids is 1. The minimum Gasteiger partial charge on any atom is -0.443 e. The predicted molar refractivity (Wildman–Crippen MR) is 101 cm³/mol. The molecule has 2 rings (SSSR count). The maximum absolute atomic E-state index is 12.3. The fourth-order valence-electron chi connectivity index (χ4n) is 2.05. The lowest BCUT2D eigenvalue weighted by molar-refractivity contribution is 0.0589. The van der Waals surface area contributed by atoms with E-state index >= 15 is 0 Å². The molecule has 2 aromatic carbocycles. The van der Waals surface area contributed by atoms with Crippen molar-refractivity contribution in [3.05, 3.63) is 48.0 Å². The Morgan fingerprint density at radius 2 is 1.67 bits per heavy atom. The van der Waals surface area contributed by atoms with Gasteiger partial charge < -0.3 is 10.5 Å². The zero-order valence-electron chi connectivity index (χ0n) is 14.8. The van der Waals surface area contributed by atoms with Gasteiger partial charge in [0.1, 0.15) is 5.60 Å². The van der Waals surface area contributed by atoms with Crippen molar-refractivity contribution in [2.45, 2.75) is 43.1 Å². The van der Waals surface area contributed by atoms with Gasteiger partial charge in [-0.1, -0.05) is 29.5 Å². The minimum absolute atomic E-state index is 0.424. The number of nitrogens with two attached hydrogens (primary N) is 1. The molecule has 4 nitrogen and oxygen atoms in total. The summed E-state index contributed by atoms with van der Waals surface area (Å²) in [5.74, 6) is 0. The first-order chi connectivity index (χ1) is 11.2. The second kappa shape index (κ2) is 7.18. The molecule has 0 fully saturated rings. The molecule has 0 aliphatic rings. The van der Waals surface area contributed by atoms with Crippen molar-refractivity contribution >= 4 is 29.2 Å². The predicted octanol–water partition coefficient (Wildman–Crippen LogP) is 5.10. The minimum atomic E-state index is -0.547. The number of nitrogens with zero attached hydrogens (tertiary/aromatic N) is 1. The highest BCUT2D eigenvalue weighted by Gasteiger charge is 2.22. The van der Waals surface area contributed by atoms with Crippen LogP contribution in [0, 0.1) is 6.92 Å². The van der Waals surface area contributed by atoms with E-state index in [0.29, 0.717) is 11.4 Å². The zero-order valence-corrected chi connectivity index (χ0v) is 15.6. The number of nitrogen functional groups attached to an aromatic ring is 1. The van der Waals surface area contributed by atoms with E-state index in [-0.39, 0.29) is 0 Å². The third kappa shape index (κ3) is 4.93. The Hall–Kier alpha value is -2.14. The maximum Gasteiger partial charge on any atom is 0.414 e. The molecule has 2 N–H and O–H groups in total. The van der Waals surface area contributed by atoms with Crippen LogP contribution in [-0.2, 0) is 4.74 Å². The number of benzene rings is 2. The molecule has 0 aliphatic heterocycles. The van der Waals surface area contributed by atoms with Crippen LogP contribution in [0.1, 0.15) is 26.3 Å². The normalized spacial score (nSPS) is 11.2. The lowest BCUT2D eigenvalue weighted by Gasteiger charge is -2.25. The van der Waals surface area contributed by atoms with E-state index in [4.69, 9.17) is 10.5 Å². The van der Waals surface area contributed by atoms with E-state index in [1.54, 1.807) is 18.8 Å². The molecule has 0 unspecified atom stereocenters. The van der Waals surface area contributed by atoms with E-state index in [1.165, 1.54) is 10.5 Å². The second-order valence-corrected chi connectivity index (χ2v) is 7.82. The molecule has 0 atom stereocenters. The van der Waals surface area contributed by atoms with E-state index < -0.39 is 11.7 Å². The van der Waals surface area contributed by atoms with E-state index in [1.807, 2.05) is 39.0 Å². The lowest BCUT2D eigenvalue weighted by Crippen LogP contribution is -2.34. The molecule has 0 heterocycles. The monoisotopic (exact) mass is 344 g/mol. The summed E-state index contributed by atoms with van der Waals surface area (Å²) in [6.07, 6.45) is -0.424. The van der Waals surface area contributed by atoms with Crippen LogP contribution in [0.2, 0.25) is 0 Å². The number of anilines is 2. The summed E-state index contributed by atoms with van der Waals surface area (Å²) in [7, 11) is 1.67. The van der Waals surface area contributed by atoms with Crippen molar-refractivity contribution in [2.75, 3.05) is 17.7 Å². The van der Waals surface area contributed by atoms with Crippen LogP contribution in [-0.4, -0.2) is 18.7 Å². The SMILES string of the molecule is Cc1ccc(Sc2ccc(N)c(N(C)C(=O)OC(C)(C)C)c2)cc1. The lowest BCUT2D eigenvalue weighted by atomic mass is 10.2. The maximum atomic E-state index is 12.3. The molecular weight excluding hydrogens is 320 g/mol. The molecule has 0 spiro atoms. The van der Waals surface area contributed by atoms with Gasteiger partial charge in [0.25, 0.3) is 0 Å². The Labute approximate surface area is 148 Å². The standard InChI is InChI=1S/C19H24N2O2S/c1-13-6-8-14(9-7-13)24-15-10-11-16(20)17(12-15)21(5)18(22)23-19(2,3)4/h6-12H,20H2,1-5H3. The van der Waals surface area contributed by atoms with Crippen LogP contribution >= 0.6 is 11.8 Å². The van der Waals surface area contributed by atoms with Crippen molar-refractivity contribution in [2.24, 2.45) is 0 Å². The Morgan fingerprint density at radius 1 is 1.08 bits per heavy atom. The van der Waals surface area contributed by atoms with Gasteiger partial charge in [0.15, 0.2) is 0 Å². The van der Waals surface area contributed by atoms with Crippen LogP contribution in [0.3, 0.4) is 0 Å². The number of rotatable bonds is 3. The van der Waals surface area contributed by atoms with Crippen LogP contribution in [0.4, 0.5) is 16.2 Å². The van der Waals surface area contributed by atoms with Gasteiger partial charge in [-0.3, -0.25) is 4.90 Å². The smallest absolute Gasteiger partial charge is 0.414 e. The average Bonchev–Trinajstić information content (AvgIpc) is 2.49. The van der Waals surface area contributed by atoms with E-state index in [9.17, 15) is 4.79 Å². The Balaban J connectivity index is 2.21. The van der Waals surface area contributed by atoms with Gasteiger partial charge in [-0.25, -0.2) is 4.79 Å². The third-order valence-electron chi connectivity index (χ3n) is 3.29. The summed E-state index contributed by atoms with van der Waals surface area (Å²) < 4.78 is 5.40. The molecule has 5 heteroatoms. The summed E-state index contributed by atoms with van der Waals surface area (Å²) in [5.41, 5.74) is 7.90. The highest BCUT2D eigenvalue weighted by atomic mass is 32.2. The number of hydrogen-bond donors (Lipinski definition) is 1. The Kier molecular flexibility index (Phi) is 5.44. The first kappa shape index (κ1) is 18.2. The van der Waals surface area contributed by atoms with Crippen LogP contribution in [0.5, 0.6) is 0 Å². The zero-order chi connectivity index (χ0) is 17.9. The molecule has 0 radical (unpaired) electrons. The number of carbonyl (C=O) groups is 1. The van der Waals surface area contributed by atoms with Gasteiger partial charge in [-0.15, -0.1) is 0 Å². The van der Waals surface area contributed by atoms with Crippen molar-refractivity contribution in [3.8, 4) is 0 Å². The van der Waals surface area contributed by atoms with Crippen LogP contribution in [0.15, 0.2) is 52.3 Å². The van der Waals surface area contributed by atoms with Crippen molar-refractivity contribution in [3.63, 3.8) is 0 Å². The Morgan fingerprint density at radius 3 is 2.25 bits per heavy atom. The topological polar surface area (TPSA) is 55.6 Å². The molecule has 24 heavy (non-hydrogen) atoms. The number of aryl methyl sites for hydroxylation is 1. The number of amides is 1. The molecule has 2 aromatic rings. The number of ether oxygens (including phenoxy) is 1. The second-order valence-electron chi connectivity index (χ2n) is 6.68. The van der Waals surface area contributed by atoms with E-state index in [0.717, 1.165) is 9.79 Å². The first-order valence-corrected chi connectivity index (χ1v) is 8.58. The molecule has 0 saturated carbocycles. The summed E-state index contributed by atoms with van der Waals surface area (Å²) in [4.78, 5) is 15.9. The summed E-state index contributed by atoms with van der Waals surface area (Å²) in [5, 5.41) is 0. The van der Waals surface area contributed by atoms with Gasteiger partial charge in [0.2, 0.25) is 0 Å². The van der Waals surface area contributed by atoms with Gasteiger partial charge in [-0.05, 0) is 58.0 Å². The third-order valence-corrected chi connectivity index (χ3v) is 4.28. The molecule has 0 aliphatic carbocycles. The average molecular weight is 344 g/mol. The van der Waals surface area contributed by atoms with Crippen molar-refractivity contribution in [1.29, 1.82) is 0 Å². The largest absolute Gasteiger partial charge is 0.443 e. The molecular formula is C19H24N2O2S.